The summed E-state index contributed by atoms with van der Waals surface area (Å²) in [6.45, 7) is 0. The molecule has 1 rings (SSSR count). The Morgan fingerprint density at radius 3 is 1.57 bits per heavy atom. The standard InChI is InChI=1S/C7H8O3S.C2H6O3S.C2H4O3S/c1-11(8,9)10-7-5-3-2-4-6-7;1-5-6(2,3)4;1-5-2-6(3)4/h2-6H,1H3;1-2H3;2H,1H3. The second kappa shape index (κ2) is 12.0. The molecule has 0 aliphatic heterocycles. The van der Waals surface area contributed by atoms with E-state index in [0.717, 1.165) is 19.6 Å². The minimum absolute atomic E-state index is 0.343. The van der Waals surface area contributed by atoms with Gasteiger partial charge in [0.25, 0.3) is 10.1 Å². The van der Waals surface area contributed by atoms with Gasteiger partial charge >= 0.3 is 10.1 Å². The van der Waals surface area contributed by atoms with E-state index in [4.69, 9.17) is 0 Å². The molecule has 0 aromatic heterocycles. The van der Waals surface area contributed by atoms with Gasteiger partial charge in [-0.15, -0.1) is 0 Å². The normalized spacial score (nSPS) is 10.3. The molecule has 0 spiro atoms. The molecule has 0 unspecified atom stereocenters. The number of rotatable bonds is 4. The van der Waals surface area contributed by atoms with E-state index in [1.54, 1.807) is 30.3 Å². The van der Waals surface area contributed by atoms with Crippen molar-refractivity contribution in [3.63, 3.8) is 0 Å². The molecule has 0 radical (unpaired) electrons. The Bertz CT molecular complexity index is 755. The summed E-state index contributed by atoms with van der Waals surface area (Å²) < 4.78 is 72.1. The monoisotopic (exact) mass is 390 g/mol. The summed E-state index contributed by atoms with van der Waals surface area (Å²) in [4.78, 5) is 0. The van der Waals surface area contributed by atoms with Gasteiger partial charge in [0.05, 0.1) is 19.6 Å². The molecular weight excluding hydrogens is 372 g/mol. The van der Waals surface area contributed by atoms with Gasteiger partial charge in [-0.1, -0.05) is 18.2 Å². The molecule has 134 valence electrons. The summed E-state index contributed by atoms with van der Waals surface area (Å²) in [6.07, 6.45) is 2.01. The summed E-state index contributed by atoms with van der Waals surface area (Å²) in [6, 6.07) is 8.37. The number of hydrogen-bond acceptors (Lipinski definition) is 9. The molecule has 0 heterocycles. The molecule has 0 atom stereocenters. The lowest BCUT2D eigenvalue weighted by atomic mass is 10.3. The van der Waals surface area contributed by atoms with E-state index in [0.29, 0.717) is 11.3 Å². The van der Waals surface area contributed by atoms with Crippen molar-refractivity contribution >= 4 is 36.1 Å². The van der Waals surface area contributed by atoms with Crippen LogP contribution in [0.2, 0.25) is 0 Å². The van der Waals surface area contributed by atoms with Crippen LogP contribution in [-0.4, -0.2) is 57.5 Å². The molecule has 0 amide bonds. The van der Waals surface area contributed by atoms with Crippen molar-refractivity contribution in [2.24, 2.45) is 0 Å². The second-order valence-electron chi connectivity index (χ2n) is 3.56. The SMILES string of the molecule is COC=S(=O)=O.COS(C)(=O)=O.CS(=O)(=O)Oc1ccccc1. The van der Waals surface area contributed by atoms with Crippen LogP contribution in [0.5, 0.6) is 5.75 Å². The predicted molar refractivity (Wildman–Crippen MR) is 85.8 cm³/mol. The average Bonchev–Trinajstić information content (AvgIpc) is 2.38. The van der Waals surface area contributed by atoms with Crippen molar-refractivity contribution in [1.82, 2.24) is 0 Å². The first-order valence-electron chi connectivity index (χ1n) is 5.55. The zero-order chi connectivity index (χ0) is 18.5. The quantitative estimate of drug-likeness (QED) is 0.510. The summed E-state index contributed by atoms with van der Waals surface area (Å²) in [5.41, 5.74) is 0.708. The van der Waals surface area contributed by atoms with Crippen molar-refractivity contribution in [2.45, 2.75) is 0 Å². The lowest BCUT2D eigenvalue weighted by molar-refractivity contribution is 0.403. The number of benzene rings is 1. The Morgan fingerprint density at radius 1 is 0.913 bits per heavy atom. The van der Waals surface area contributed by atoms with E-state index >= 15 is 0 Å². The fraction of sp³-hybridized carbons (Fsp3) is 0.364. The van der Waals surface area contributed by atoms with Crippen LogP contribution in [0.1, 0.15) is 0 Å². The van der Waals surface area contributed by atoms with Gasteiger partial charge in [0.1, 0.15) is 5.75 Å². The summed E-state index contributed by atoms with van der Waals surface area (Å²) in [5, 5.41) is 0. The molecule has 0 aliphatic carbocycles. The van der Waals surface area contributed by atoms with Crippen molar-refractivity contribution < 1.29 is 38.4 Å². The van der Waals surface area contributed by atoms with Crippen LogP contribution >= 0.6 is 0 Å². The Morgan fingerprint density at radius 2 is 1.35 bits per heavy atom. The topological polar surface area (TPSA) is 130 Å². The first-order valence-corrected chi connectivity index (χ1v) is 10.3. The minimum Gasteiger partial charge on any atom is -0.383 e. The molecular formula is C11H18O9S3. The molecule has 1 aromatic rings. The second-order valence-corrected chi connectivity index (χ2v) is 7.59. The smallest absolute Gasteiger partial charge is 0.306 e. The van der Waals surface area contributed by atoms with Crippen molar-refractivity contribution in [2.75, 3.05) is 26.7 Å². The highest BCUT2D eigenvalue weighted by Gasteiger charge is 2.01. The Kier molecular flexibility index (Phi) is 12.4. The summed E-state index contributed by atoms with van der Waals surface area (Å²) in [5.74, 6) is 0.343. The maximum absolute atomic E-state index is 10.6. The Balaban J connectivity index is 0. The van der Waals surface area contributed by atoms with Crippen LogP contribution in [0.3, 0.4) is 0 Å². The molecule has 1 aromatic carbocycles. The van der Waals surface area contributed by atoms with Crippen LogP contribution in [0.4, 0.5) is 0 Å². The zero-order valence-electron chi connectivity index (χ0n) is 12.9. The van der Waals surface area contributed by atoms with Crippen molar-refractivity contribution in [1.29, 1.82) is 0 Å². The van der Waals surface area contributed by atoms with Gasteiger partial charge in [-0.25, -0.2) is 0 Å². The van der Waals surface area contributed by atoms with Gasteiger partial charge in [-0.2, -0.15) is 25.3 Å². The molecule has 0 bridgehead atoms. The molecule has 23 heavy (non-hydrogen) atoms. The third-order valence-electron chi connectivity index (χ3n) is 1.47. The van der Waals surface area contributed by atoms with Crippen LogP contribution in [0, 0.1) is 0 Å². The van der Waals surface area contributed by atoms with Gasteiger partial charge in [0.15, 0.2) is 5.55 Å². The molecule has 0 N–H and O–H groups in total. The highest BCUT2D eigenvalue weighted by Crippen LogP contribution is 2.09. The number of para-hydroxylation sites is 1. The van der Waals surface area contributed by atoms with E-state index in [9.17, 15) is 25.3 Å². The zero-order valence-corrected chi connectivity index (χ0v) is 15.3. The van der Waals surface area contributed by atoms with Gasteiger partial charge < -0.3 is 8.92 Å². The third-order valence-corrected chi connectivity index (χ3v) is 2.92. The van der Waals surface area contributed by atoms with Crippen molar-refractivity contribution in [3.8, 4) is 5.75 Å². The van der Waals surface area contributed by atoms with Crippen molar-refractivity contribution in [3.05, 3.63) is 30.3 Å². The van der Waals surface area contributed by atoms with E-state index in [2.05, 4.69) is 13.1 Å². The van der Waals surface area contributed by atoms with E-state index in [-0.39, 0.29) is 0 Å². The highest BCUT2D eigenvalue weighted by atomic mass is 32.2. The summed E-state index contributed by atoms with van der Waals surface area (Å²) >= 11 is 0. The van der Waals surface area contributed by atoms with Gasteiger partial charge in [0.2, 0.25) is 10.3 Å². The first-order chi connectivity index (χ1) is 10.4. The first kappa shape index (κ1) is 23.8. The number of ether oxygens (including phenoxy) is 1. The number of hydrogen-bond donors (Lipinski definition) is 0. The Hall–Kier alpha value is -1.47. The molecule has 0 saturated heterocycles. The largest absolute Gasteiger partial charge is 0.383 e. The minimum atomic E-state index is -3.38. The maximum Gasteiger partial charge on any atom is 0.306 e. The highest BCUT2D eigenvalue weighted by molar-refractivity contribution is 7.86. The van der Waals surface area contributed by atoms with Gasteiger partial charge in [-0.05, 0) is 12.1 Å². The lowest BCUT2D eigenvalue weighted by Crippen LogP contribution is -2.05. The fourth-order valence-electron chi connectivity index (χ4n) is 0.729. The maximum atomic E-state index is 10.6. The summed E-state index contributed by atoms with van der Waals surface area (Å²) in [7, 11) is -6.31. The van der Waals surface area contributed by atoms with Crippen LogP contribution in [0.25, 0.3) is 0 Å². The van der Waals surface area contributed by atoms with E-state index < -0.39 is 30.5 Å². The van der Waals surface area contributed by atoms with Crippen LogP contribution in [0.15, 0.2) is 30.3 Å². The van der Waals surface area contributed by atoms with E-state index in [1.807, 2.05) is 0 Å². The molecule has 0 fully saturated rings. The van der Waals surface area contributed by atoms with Gasteiger partial charge in [-0.3, -0.25) is 4.18 Å². The predicted octanol–water partition coefficient (Wildman–Crippen LogP) is -0.111. The van der Waals surface area contributed by atoms with Crippen LogP contribution < -0.4 is 4.18 Å². The molecule has 0 aliphatic rings. The molecule has 0 saturated carbocycles. The Labute approximate surface area is 137 Å². The lowest BCUT2D eigenvalue weighted by Gasteiger charge is -1.99. The fourth-order valence-corrected chi connectivity index (χ4v) is 1.35. The van der Waals surface area contributed by atoms with Crippen LogP contribution in [-0.2, 0) is 39.4 Å². The van der Waals surface area contributed by atoms with Gasteiger partial charge in [0, 0.05) is 7.11 Å². The molecule has 12 heteroatoms. The number of methoxy groups -OCH3 is 1. The third kappa shape index (κ3) is 22.9. The molecule has 9 nitrogen and oxygen atoms in total. The van der Waals surface area contributed by atoms with E-state index in [1.165, 1.54) is 7.11 Å². The average molecular weight is 390 g/mol.